The maximum Gasteiger partial charge on any atom is 0.197 e. The number of aliphatic hydroxyl groups excluding tert-OH is 1. The van der Waals surface area contributed by atoms with E-state index in [1.807, 2.05) is 44.2 Å². The van der Waals surface area contributed by atoms with Crippen molar-refractivity contribution in [2.45, 2.75) is 33.0 Å². The Labute approximate surface area is 101 Å². The lowest BCUT2D eigenvalue weighted by Crippen LogP contribution is -2.15. The summed E-state index contributed by atoms with van der Waals surface area (Å²) in [5.74, 6) is 0.703. The van der Waals surface area contributed by atoms with E-state index in [1.165, 1.54) is 0 Å². The van der Waals surface area contributed by atoms with Gasteiger partial charge in [-0.15, -0.1) is 0 Å². The third kappa shape index (κ3) is 2.74. The second-order valence-electron chi connectivity index (χ2n) is 4.14. The molecule has 0 saturated carbocycles. The van der Waals surface area contributed by atoms with Crippen LogP contribution < -0.4 is 4.74 Å². The second kappa shape index (κ2) is 5.15. The summed E-state index contributed by atoms with van der Waals surface area (Å²) < 4.78 is 5.56. The summed E-state index contributed by atoms with van der Waals surface area (Å²) in [5, 5.41) is 10.6. The molecule has 1 atom stereocenters. The first-order chi connectivity index (χ1) is 8.20. The zero-order valence-corrected chi connectivity index (χ0v) is 10.2. The van der Waals surface area contributed by atoms with Crippen LogP contribution in [-0.2, 0) is 0 Å². The summed E-state index contributed by atoms with van der Waals surface area (Å²) in [6, 6.07) is 9.65. The smallest absolute Gasteiger partial charge is 0.197 e. The number of aromatic nitrogens is 1. The zero-order chi connectivity index (χ0) is 12.3. The van der Waals surface area contributed by atoms with Crippen molar-refractivity contribution in [3.05, 3.63) is 36.0 Å². The van der Waals surface area contributed by atoms with Gasteiger partial charge in [-0.1, -0.05) is 25.5 Å². The van der Waals surface area contributed by atoms with Crippen molar-refractivity contribution < 1.29 is 9.84 Å². The minimum atomic E-state index is -0.745. The van der Waals surface area contributed by atoms with E-state index in [-0.39, 0.29) is 0 Å². The quantitative estimate of drug-likeness (QED) is 0.822. The summed E-state index contributed by atoms with van der Waals surface area (Å²) in [6.45, 7) is 3.94. The van der Waals surface area contributed by atoms with Crippen LogP contribution in [0.15, 0.2) is 30.3 Å². The van der Waals surface area contributed by atoms with Crippen molar-refractivity contribution in [1.82, 2.24) is 4.98 Å². The molecule has 0 radical (unpaired) electrons. The highest BCUT2D eigenvalue weighted by atomic mass is 16.6. The lowest BCUT2D eigenvalue weighted by Gasteiger charge is -2.14. The summed E-state index contributed by atoms with van der Waals surface area (Å²) in [5.41, 5.74) is 1.79. The molecule has 3 nitrogen and oxygen atoms in total. The third-order valence-corrected chi connectivity index (χ3v) is 2.60. The average molecular weight is 231 g/mol. The number of para-hydroxylation sites is 1. The standard InChI is InChI=1S/C14H17NO2/c1-3-6-14(16)17-13-9-10(2)15-12-8-5-4-7-11(12)13/h4-5,7-9,14,16H,3,6H2,1-2H3. The van der Waals surface area contributed by atoms with E-state index >= 15 is 0 Å². The Hall–Kier alpha value is -1.61. The number of fused-ring (bicyclic) bond motifs is 1. The molecule has 90 valence electrons. The van der Waals surface area contributed by atoms with Crippen LogP contribution in [0.1, 0.15) is 25.5 Å². The molecule has 0 fully saturated rings. The molecule has 1 heterocycles. The fourth-order valence-electron chi connectivity index (χ4n) is 1.82. The molecule has 1 N–H and O–H groups in total. The highest BCUT2D eigenvalue weighted by Crippen LogP contribution is 2.26. The van der Waals surface area contributed by atoms with Gasteiger partial charge in [-0.25, -0.2) is 0 Å². The first-order valence-corrected chi connectivity index (χ1v) is 5.92. The Balaban J connectivity index is 2.38. The number of aliphatic hydroxyl groups is 1. The number of pyridine rings is 1. The predicted octanol–water partition coefficient (Wildman–Crippen LogP) is 3.04. The molecule has 17 heavy (non-hydrogen) atoms. The van der Waals surface area contributed by atoms with Crippen LogP contribution in [0.3, 0.4) is 0 Å². The van der Waals surface area contributed by atoms with E-state index in [4.69, 9.17) is 4.74 Å². The predicted molar refractivity (Wildman–Crippen MR) is 68.0 cm³/mol. The average Bonchev–Trinajstić information content (AvgIpc) is 2.29. The van der Waals surface area contributed by atoms with Crippen molar-refractivity contribution in [2.24, 2.45) is 0 Å². The SMILES string of the molecule is CCCC(O)Oc1cc(C)nc2ccccc12. The number of nitrogens with zero attached hydrogens (tertiary/aromatic N) is 1. The van der Waals surface area contributed by atoms with E-state index < -0.39 is 6.29 Å². The maximum absolute atomic E-state index is 9.71. The van der Waals surface area contributed by atoms with Gasteiger partial charge < -0.3 is 9.84 Å². The molecular weight excluding hydrogens is 214 g/mol. The van der Waals surface area contributed by atoms with Crippen LogP contribution in [0.4, 0.5) is 0 Å². The Morgan fingerprint density at radius 2 is 2.12 bits per heavy atom. The first kappa shape index (κ1) is 11.9. The van der Waals surface area contributed by atoms with E-state index in [2.05, 4.69) is 4.98 Å². The van der Waals surface area contributed by atoms with Crippen molar-refractivity contribution in [1.29, 1.82) is 0 Å². The molecule has 3 heteroatoms. The minimum absolute atomic E-state index is 0.635. The van der Waals surface area contributed by atoms with Crippen LogP contribution in [0.2, 0.25) is 0 Å². The van der Waals surface area contributed by atoms with E-state index in [9.17, 15) is 5.11 Å². The van der Waals surface area contributed by atoms with Crippen LogP contribution in [-0.4, -0.2) is 16.4 Å². The third-order valence-electron chi connectivity index (χ3n) is 2.60. The molecule has 0 saturated heterocycles. The fraction of sp³-hybridized carbons (Fsp3) is 0.357. The van der Waals surface area contributed by atoms with Gasteiger partial charge in [-0.05, 0) is 19.1 Å². The topological polar surface area (TPSA) is 42.4 Å². The first-order valence-electron chi connectivity index (χ1n) is 5.92. The van der Waals surface area contributed by atoms with Gasteiger partial charge in [-0.2, -0.15) is 0 Å². The number of benzene rings is 1. The summed E-state index contributed by atoms with van der Waals surface area (Å²) in [4.78, 5) is 4.43. The summed E-state index contributed by atoms with van der Waals surface area (Å²) in [6.07, 6.45) is 0.781. The molecule has 1 aromatic heterocycles. The van der Waals surface area contributed by atoms with Gasteiger partial charge in [0.15, 0.2) is 6.29 Å². The molecule has 0 spiro atoms. The summed E-state index contributed by atoms with van der Waals surface area (Å²) in [7, 11) is 0. The Bertz CT molecular complexity index is 511. The van der Waals surface area contributed by atoms with Crippen LogP contribution in [0, 0.1) is 6.92 Å². The highest BCUT2D eigenvalue weighted by molar-refractivity contribution is 5.85. The van der Waals surface area contributed by atoms with Gasteiger partial charge in [0, 0.05) is 23.6 Å². The van der Waals surface area contributed by atoms with Gasteiger partial charge in [0.1, 0.15) is 5.75 Å². The molecule has 1 unspecified atom stereocenters. The van der Waals surface area contributed by atoms with Gasteiger partial charge >= 0.3 is 0 Å². The molecular formula is C14H17NO2. The monoisotopic (exact) mass is 231 g/mol. The second-order valence-corrected chi connectivity index (χ2v) is 4.14. The number of aryl methyl sites for hydroxylation is 1. The normalized spacial score (nSPS) is 12.6. The van der Waals surface area contributed by atoms with Crippen molar-refractivity contribution in [2.75, 3.05) is 0 Å². The van der Waals surface area contributed by atoms with E-state index in [1.54, 1.807) is 0 Å². The lowest BCUT2D eigenvalue weighted by atomic mass is 10.2. The molecule has 2 aromatic rings. The molecule has 0 bridgehead atoms. The number of rotatable bonds is 4. The number of hydrogen-bond acceptors (Lipinski definition) is 3. The molecule has 0 aliphatic rings. The van der Waals surface area contributed by atoms with Crippen molar-refractivity contribution in [3.8, 4) is 5.75 Å². The van der Waals surface area contributed by atoms with Gasteiger partial charge in [-0.3, -0.25) is 4.98 Å². The lowest BCUT2D eigenvalue weighted by molar-refractivity contribution is -0.0222. The summed E-state index contributed by atoms with van der Waals surface area (Å²) >= 11 is 0. The maximum atomic E-state index is 9.71. The zero-order valence-electron chi connectivity index (χ0n) is 10.2. The molecule has 0 aliphatic carbocycles. The van der Waals surface area contributed by atoms with Crippen molar-refractivity contribution >= 4 is 10.9 Å². The Morgan fingerprint density at radius 3 is 2.88 bits per heavy atom. The van der Waals surface area contributed by atoms with Crippen molar-refractivity contribution in [3.63, 3.8) is 0 Å². The fourth-order valence-corrected chi connectivity index (χ4v) is 1.82. The Kier molecular flexibility index (Phi) is 3.59. The molecule has 0 aliphatic heterocycles. The van der Waals surface area contributed by atoms with Crippen LogP contribution in [0.5, 0.6) is 5.75 Å². The van der Waals surface area contributed by atoms with Crippen LogP contribution in [0.25, 0.3) is 10.9 Å². The van der Waals surface area contributed by atoms with Gasteiger partial charge in [0.25, 0.3) is 0 Å². The van der Waals surface area contributed by atoms with E-state index in [0.29, 0.717) is 12.2 Å². The van der Waals surface area contributed by atoms with Crippen LogP contribution >= 0.6 is 0 Å². The molecule has 1 aromatic carbocycles. The number of ether oxygens (including phenoxy) is 1. The molecule has 2 rings (SSSR count). The highest BCUT2D eigenvalue weighted by Gasteiger charge is 2.09. The Morgan fingerprint density at radius 1 is 1.35 bits per heavy atom. The van der Waals surface area contributed by atoms with E-state index in [0.717, 1.165) is 23.0 Å². The number of hydrogen-bond donors (Lipinski definition) is 1. The van der Waals surface area contributed by atoms with Gasteiger partial charge in [0.05, 0.1) is 5.52 Å². The van der Waals surface area contributed by atoms with Gasteiger partial charge in [0.2, 0.25) is 0 Å². The minimum Gasteiger partial charge on any atom is -0.464 e. The molecule has 0 amide bonds. The largest absolute Gasteiger partial charge is 0.464 e.